The van der Waals surface area contributed by atoms with Gasteiger partial charge in [-0.25, -0.2) is 0 Å². The van der Waals surface area contributed by atoms with Crippen LogP contribution in [0.15, 0.2) is 29.3 Å². The van der Waals surface area contributed by atoms with E-state index in [0.717, 1.165) is 23.8 Å². The molecule has 2 rings (SSSR count). The van der Waals surface area contributed by atoms with Gasteiger partial charge >= 0.3 is 5.97 Å². The molecule has 1 fully saturated rings. The third-order valence-electron chi connectivity index (χ3n) is 4.56. The Morgan fingerprint density at radius 1 is 1.38 bits per heavy atom. The number of hydrogen-bond acceptors (Lipinski definition) is 4. The molecule has 0 aliphatic carbocycles. The number of ether oxygens (including phenoxy) is 2. The molecule has 0 saturated carbocycles. The van der Waals surface area contributed by atoms with Gasteiger partial charge in [0.2, 0.25) is 0 Å². The number of rotatable bonds is 6. The van der Waals surface area contributed by atoms with Crippen molar-refractivity contribution >= 4 is 11.9 Å². The lowest BCUT2D eigenvalue weighted by atomic mass is 9.99. The third-order valence-corrected chi connectivity index (χ3v) is 4.56. The Balaban J connectivity index is 1.93. The van der Waals surface area contributed by atoms with Gasteiger partial charge in [-0.1, -0.05) is 32.9 Å². The summed E-state index contributed by atoms with van der Waals surface area (Å²) in [4.78, 5) is 18.4. The molecule has 26 heavy (non-hydrogen) atoms. The molecule has 0 amide bonds. The highest BCUT2D eigenvalue weighted by Gasteiger charge is 2.36. The molecule has 2 atom stereocenters. The van der Waals surface area contributed by atoms with Crippen molar-refractivity contribution in [3.05, 3.63) is 29.8 Å². The Hall–Kier alpha value is -2.24. The second-order valence-corrected chi connectivity index (χ2v) is 7.26. The zero-order chi connectivity index (χ0) is 19.1. The van der Waals surface area contributed by atoms with Crippen LogP contribution in [0.2, 0.25) is 0 Å². The van der Waals surface area contributed by atoms with E-state index in [1.54, 1.807) is 7.05 Å². The second-order valence-electron chi connectivity index (χ2n) is 7.26. The summed E-state index contributed by atoms with van der Waals surface area (Å²) in [5.74, 6) is 2.17. The van der Waals surface area contributed by atoms with Gasteiger partial charge in [-0.15, -0.1) is 0 Å². The Kier molecular flexibility index (Phi) is 7.30. The van der Waals surface area contributed by atoms with E-state index in [-0.39, 0.29) is 17.8 Å². The number of guanidine groups is 1. The predicted molar refractivity (Wildman–Crippen MR) is 103 cm³/mol. The van der Waals surface area contributed by atoms with Crippen LogP contribution in [0.25, 0.3) is 0 Å². The van der Waals surface area contributed by atoms with Crippen LogP contribution < -0.4 is 10.1 Å². The molecule has 0 spiro atoms. The number of nitrogens with zero attached hydrogens (tertiary/aromatic N) is 2. The summed E-state index contributed by atoms with van der Waals surface area (Å²) in [6.07, 6.45) is 0. The van der Waals surface area contributed by atoms with Gasteiger partial charge in [-0.3, -0.25) is 9.79 Å². The Morgan fingerprint density at radius 3 is 2.81 bits per heavy atom. The van der Waals surface area contributed by atoms with Crippen LogP contribution in [-0.4, -0.2) is 50.7 Å². The highest BCUT2D eigenvalue weighted by atomic mass is 16.5. The zero-order valence-electron chi connectivity index (χ0n) is 16.5. The average molecular weight is 361 g/mol. The van der Waals surface area contributed by atoms with Gasteiger partial charge in [0.15, 0.2) is 5.96 Å². The number of nitrogens with one attached hydrogen (secondary N) is 1. The summed E-state index contributed by atoms with van der Waals surface area (Å²) >= 11 is 0. The minimum Gasteiger partial charge on any atom is -0.493 e. The fourth-order valence-corrected chi connectivity index (χ4v) is 3.12. The summed E-state index contributed by atoms with van der Waals surface area (Å²) in [6, 6.07) is 8.09. The highest BCUT2D eigenvalue weighted by molar-refractivity contribution is 5.82. The molecule has 0 radical (unpaired) electrons. The minimum atomic E-state index is -0.148. The van der Waals surface area contributed by atoms with Gasteiger partial charge in [-0.2, -0.15) is 0 Å². The number of aliphatic imine (C=N–C) groups is 1. The van der Waals surface area contributed by atoms with Crippen LogP contribution in [0.4, 0.5) is 0 Å². The molecule has 0 bridgehead atoms. The average Bonchev–Trinajstić information content (AvgIpc) is 3.02. The molecule has 0 aromatic heterocycles. The molecular formula is C20H31N3O3. The first kappa shape index (κ1) is 20.1. The Labute approximate surface area is 156 Å². The normalized spacial score (nSPS) is 20.4. The van der Waals surface area contributed by atoms with Crippen molar-refractivity contribution in [2.45, 2.75) is 27.3 Å². The Bertz CT molecular complexity index is 630. The zero-order valence-corrected chi connectivity index (χ0v) is 16.5. The first-order chi connectivity index (χ1) is 12.4. The molecule has 1 aromatic carbocycles. The predicted octanol–water partition coefficient (Wildman–Crippen LogP) is 2.54. The van der Waals surface area contributed by atoms with Crippen molar-refractivity contribution in [3.63, 3.8) is 0 Å². The Morgan fingerprint density at radius 2 is 2.15 bits per heavy atom. The van der Waals surface area contributed by atoms with E-state index in [2.05, 4.69) is 42.0 Å². The van der Waals surface area contributed by atoms with Gasteiger partial charge in [0, 0.05) is 26.7 Å². The largest absolute Gasteiger partial charge is 0.493 e. The molecule has 1 heterocycles. The molecule has 144 valence electrons. The number of likely N-dealkylation sites (tertiary alicyclic amines) is 1. The topological polar surface area (TPSA) is 63.2 Å². The fourth-order valence-electron chi connectivity index (χ4n) is 3.12. The molecule has 6 heteroatoms. The molecule has 1 aliphatic rings. The van der Waals surface area contributed by atoms with Crippen LogP contribution in [0.5, 0.6) is 5.75 Å². The summed E-state index contributed by atoms with van der Waals surface area (Å²) in [5.41, 5.74) is 1.13. The molecule has 1 aromatic rings. The standard InChI is InChI=1S/C20H31N3O3/c1-14(2)13-26-17-8-6-7-16(9-17)10-22-20(21-4)23-11-15(3)18(12-23)19(24)25-5/h6-9,14-15,18H,10-13H2,1-5H3,(H,21,22). The molecule has 1 saturated heterocycles. The molecule has 6 nitrogen and oxygen atoms in total. The van der Waals surface area contributed by atoms with Gasteiger partial charge in [0.05, 0.1) is 19.6 Å². The van der Waals surface area contributed by atoms with Crippen LogP contribution in [0.3, 0.4) is 0 Å². The van der Waals surface area contributed by atoms with Gasteiger partial charge in [0.25, 0.3) is 0 Å². The maximum absolute atomic E-state index is 11.9. The van der Waals surface area contributed by atoms with Gasteiger partial charge in [0.1, 0.15) is 5.75 Å². The number of carbonyl (C=O) groups is 1. The maximum Gasteiger partial charge on any atom is 0.310 e. The smallest absolute Gasteiger partial charge is 0.310 e. The van der Waals surface area contributed by atoms with E-state index in [1.807, 2.05) is 18.2 Å². The monoisotopic (exact) mass is 361 g/mol. The van der Waals surface area contributed by atoms with E-state index >= 15 is 0 Å². The first-order valence-electron chi connectivity index (χ1n) is 9.19. The van der Waals surface area contributed by atoms with E-state index in [4.69, 9.17) is 9.47 Å². The molecule has 2 unspecified atom stereocenters. The summed E-state index contributed by atoms with van der Waals surface area (Å²) in [5, 5.41) is 3.39. The lowest BCUT2D eigenvalue weighted by Crippen LogP contribution is -2.40. The summed E-state index contributed by atoms with van der Waals surface area (Å²) < 4.78 is 10.7. The summed E-state index contributed by atoms with van der Waals surface area (Å²) in [7, 11) is 3.21. The van der Waals surface area contributed by atoms with E-state index in [9.17, 15) is 4.79 Å². The van der Waals surface area contributed by atoms with Crippen LogP contribution in [0, 0.1) is 17.8 Å². The van der Waals surface area contributed by atoms with Crippen molar-refractivity contribution in [3.8, 4) is 5.75 Å². The quantitative estimate of drug-likeness (QED) is 0.479. The highest BCUT2D eigenvalue weighted by Crippen LogP contribution is 2.24. The number of benzene rings is 1. The SMILES string of the molecule is CN=C(NCc1cccc(OCC(C)C)c1)N1CC(C)C(C(=O)OC)C1. The number of carbonyl (C=O) groups excluding carboxylic acids is 1. The van der Waals surface area contributed by atoms with Crippen molar-refractivity contribution in [2.75, 3.05) is 33.9 Å². The number of hydrogen-bond donors (Lipinski definition) is 1. The van der Waals surface area contributed by atoms with Crippen LogP contribution in [-0.2, 0) is 16.1 Å². The summed E-state index contributed by atoms with van der Waals surface area (Å²) in [6.45, 7) is 9.12. The van der Waals surface area contributed by atoms with Crippen molar-refractivity contribution in [1.82, 2.24) is 10.2 Å². The molecular weight excluding hydrogens is 330 g/mol. The van der Waals surface area contributed by atoms with E-state index in [1.165, 1.54) is 7.11 Å². The molecule has 1 aliphatic heterocycles. The maximum atomic E-state index is 11.9. The molecule has 1 N–H and O–H groups in total. The fraction of sp³-hybridized carbons (Fsp3) is 0.600. The second kappa shape index (κ2) is 9.46. The number of esters is 1. The van der Waals surface area contributed by atoms with E-state index < -0.39 is 0 Å². The minimum absolute atomic E-state index is 0.105. The van der Waals surface area contributed by atoms with Crippen LogP contribution in [0.1, 0.15) is 26.3 Å². The lowest BCUT2D eigenvalue weighted by molar-refractivity contribution is -0.145. The van der Waals surface area contributed by atoms with E-state index in [0.29, 0.717) is 25.6 Å². The van der Waals surface area contributed by atoms with Gasteiger partial charge in [-0.05, 0) is 29.5 Å². The van der Waals surface area contributed by atoms with Crippen LogP contribution >= 0.6 is 0 Å². The van der Waals surface area contributed by atoms with Gasteiger partial charge < -0.3 is 19.7 Å². The number of methoxy groups -OCH3 is 1. The van der Waals surface area contributed by atoms with Crippen molar-refractivity contribution in [1.29, 1.82) is 0 Å². The first-order valence-corrected chi connectivity index (χ1v) is 9.19. The van der Waals surface area contributed by atoms with Crippen molar-refractivity contribution in [2.24, 2.45) is 22.7 Å². The van der Waals surface area contributed by atoms with Crippen molar-refractivity contribution < 1.29 is 14.3 Å². The third kappa shape index (κ3) is 5.38. The lowest BCUT2D eigenvalue weighted by Gasteiger charge is -2.21.